The molecule has 23 heavy (non-hydrogen) atoms. The summed E-state index contributed by atoms with van der Waals surface area (Å²) in [4.78, 5) is 19.7. The molecule has 0 aromatic carbocycles. The third-order valence-electron chi connectivity index (χ3n) is 3.94. The summed E-state index contributed by atoms with van der Waals surface area (Å²) in [6.45, 7) is 4.71. The van der Waals surface area contributed by atoms with E-state index in [0.717, 1.165) is 25.1 Å². The maximum absolute atomic E-state index is 12.2. The summed E-state index contributed by atoms with van der Waals surface area (Å²) in [5, 5.41) is 3.12. The van der Waals surface area contributed by atoms with Crippen LogP contribution in [-0.2, 0) is 20.7 Å². The second-order valence-corrected chi connectivity index (χ2v) is 7.05. The number of hydrogen-bond donors (Lipinski definition) is 1. The van der Waals surface area contributed by atoms with Gasteiger partial charge in [0.2, 0.25) is 5.91 Å². The third-order valence-corrected chi connectivity index (χ3v) is 4.94. The molecule has 0 bridgehead atoms. The minimum absolute atomic E-state index is 0.0426. The van der Waals surface area contributed by atoms with Crippen LogP contribution in [0.1, 0.15) is 23.4 Å². The van der Waals surface area contributed by atoms with E-state index in [-0.39, 0.29) is 18.1 Å². The molecule has 1 aliphatic rings. The van der Waals surface area contributed by atoms with E-state index in [4.69, 9.17) is 9.47 Å². The molecule has 0 aliphatic carbocycles. The minimum Gasteiger partial charge on any atom is -0.379 e. The standard InChI is InChI=1S/C16H27N3O3S/c1-12-15(23-11-17-12)4-5-16(20)18-13-6-8-21-10-14(13)22-9-7-19(2)3/h11,13-14H,4-10H2,1-3H3,(H,18,20)/t13-,14-/m1/s1. The quantitative estimate of drug-likeness (QED) is 0.771. The molecule has 1 saturated heterocycles. The van der Waals surface area contributed by atoms with Gasteiger partial charge in [-0.1, -0.05) is 0 Å². The highest BCUT2D eigenvalue weighted by atomic mass is 32.1. The summed E-state index contributed by atoms with van der Waals surface area (Å²) in [6, 6.07) is 0.0426. The molecule has 2 atom stereocenters. The van der Waals surface area contributed by atoms with Gasteiger partial charge in [-0.25, -0.2) is 4.98 Å². The molecule has 0 spiro atoms. The number of carbonyl (C=O) groups excluding carboxylic acids is 1. The molecular formula is C16H27N3O3S. The average Bonchev–Trinajstić information content (AvgIpc) is 2.92. The second-order valence-electron chi connectivity index (χ2n) is 6.11. The summed E-state index contributed by atoms with van der Waals surface area (Å²) in [6.07, 6.45) is 1.98. The van der Waals surface area contributed by atoms with Crippen molar-refractivity contribution in [1.29, 1.82) is 0 Å². The van der Waals surface area contributed by atoms with Gasteiger partial charge in [0.1, 0.15) is 6.10 Å². The molecule has 0 unspecified atom stereocenters. The summed E-state index contributed by atoms with van der Waals surface area (Å²) in [5.74, 6) is 0.0749. The van der Waals surface area contributed by atoms with Crippen LogP contribution in [0.4, 0.5) is 0 Å². The molecule has 1 aliphatic heterocycles. The van der Waals surface area contributed by atoms with Gasteiger partial charge in [-0.2, -0.15) is 0 Å². The van der Waals surface area contributed by atoms with Crippen molar-refractivity contribution in [3.05, 3.63) is 16.1 Å². The van der Waals surface area contributed by atoms with E-state index in [1.807, 2.05) is 26.5 Å². The third kappa shape index (κ3) is 6.18. The molecule has 1 amide bonds. The number of rotatable bonds is 8. The Hall–Kier alpha value is -1.02. The van der Waals surface area contributed by atoms with Crippen LogP contribution in [0.15, 0.2) is 5.51 Å². The second kappa shape index (κ2) is 9.32. The normalized spacial score (nSPS) is 21.6. The van der Waals surface area contributed by atoms with Crippen molar-refractivity contribution >= 4 is 17.2 Å². The maximum Gasteiger partial charge on any atom is 0.220 e. The largest absolute Gasteiger partial charge is 0.379 e. The van der Waals surface area contributed by atoms with Crippen molar-refractivity contribution in [2.24, 2.45) is 0 Å². The number of carbonyl (C=O) groups is 1. The lowest BCUT2D eigenvalue weighted by molar-refractivity contribution is -0.126. The first kappa shape index (κ1) is 18.3. The number of aromatic nitrogens is 1. The van der Waals surface area contributed by atoms with Gasteiger partial charge in [0.15, 0.2) is 0 Å². The maximum atomic E-state index is 12.2. The highest BCUT2D eigenvalue weighted by Crippen LogP contribution is 2.15. The van der Waals surface area contributed by atoms with E-state index in [1.165, 1.54) is 4.88 Å². The van der Waals surface area contributed by atoms with E-state index >= 15 is 0 Å². The Morgan fingerprint density at radius 3 is 3.09 bits per heavy atom. The van der Waals surface area contributed by atoms with Gasteiger partial charge < -0.3 is 19.7 Å². The van der Waals surface area contributed by atoms with E-state index < -0.39 is 0 Å². The fourth-order valence-electron chi connectivity index (χ4n) is 2.50. The summed E-state index contributed by atoms with van der Waals surface area (Å²) in [5.41, 5.74) is 2.86. The fourth-order valence-corrected chi connectivity index (χ4v) is 3.28. The molecule has 0 radical (unpaired) electrons. The monoisotopic (exact) mass is 341 g/mol. The van der Waals surface area contributed by atoms with Gasteiger partial charge in [0, 0.05) is 24.4 Å². The first-order valence-electron chi connectivity index (χ1n) is 8.08. The molecule has 1 aromatic rings. The van der Waals surface area contributed by atoms with Crippen LogP contribution in [0.2, 0.25) is 0 Å². The van der Waals surface area contributed by atoms with Gasteiger partial charge in [-0.15, -0.1) is 11.3 Å². The molecule has 0 saturated carbocycles. The lowest BCUT2D eigenvalue weighted by Crippen LogP contribution is -2.50. The lowest BCUT2D eigenvalue weighted by atomic mass is 10.1. The SMILES string of the molecule is Cc1ncsc1CCC(=O)N[C@@H]1CCOC[C@H]1OCCN(C)C. The number of thiazole rings is 1. The summed E-state index contributed by atoms with van der Waals surface area (Å²) < 4.78 is 11.4. The molecule has 1 N–H and O–H groups in total. The number of amides is 1. The first-order valence-corrected chi connectivity index (χ1v) is 8.96. The zero-order valence-corrected chi connectivity index (χ0v) is 15.0. The Labute approximate surface area is 142 Å². The van der Waals surface area contributed by atoms with Crippen molar-refractivity contribution in [3.8, 4) is 0 Å². The van der Waals surface area contributed by atoms with Gasteiger partial charge in [-0.05, 0) is 33.9 Å². The summed E-state index contributed by atoms with van der Waals surface area (Å²) >= 11 is 1.61. The zero-order chi connectivity index (χ0) is 16.7. The Morgan fingerprint density at radius 1 is 1.57 bits per heavy atom. The topological polar surface area (TPSA) is 63.7 Å². The van der Waals surface area contributed by atoms with Gasteiger partial charge in [0.25, 0.3) is 0 Å². The van der Waals surface area contributed by atoms with Crippen molar-refractivity contribution in [1.82, 2.24) is 15.2 Å². The first-order chi connectivity index (χ1) is 11.1. The number of nitrogens with one attached hydrogen (secondary N) is 1. The van der Waals surface area contributed by atoms with Crippen LogP contribution >= 0.6 is 11.3 Å². The smallest absolute Gasteiger partial charge is 0.220 e. The average molecular weight is 341 g/mol. The highest BCUT2D eigenvalue weighted by Gasteiger charge is 2.27. The molecule has 130 valence electrons. The Balaban J connectivity index is 1.76. The van der Waals surface area contributed by atoms with Crippen molar-refractivity contribution in [2.75, 3.05) is 40.5 Å². The van der Waals surface area contributed by atoms with Crippen LogP contribution in [0.5, 0.6) is 0 Å². The van der Waals surface area contributed by atoms with Crippen molar-refractivity contribution < 1.29 is 14.3 Å². The number of aryl methyl sites for hydroxylation is 2. The molecule has 2 heterocycles. The zero-order valence-electron chi connectivity index (χ0n) is 14.2. The molecule has 7 heteroatoms. The molecule has 2 rings (SSSR count). The molecule has 1 aromatic heterocycles. The Kier molecular flexibility index (Phi) is 7.42. The van der Waals surface area contributed by atoms with E-state index in [1.54, 1.807) is 11.3 Å². The molecule has 1 fully saturated rings. The predicted molar refractivity (Wildman–Crippen MR) is 90.8 cm³/mol. The summed E-state index contributed by atoms with van der Waals surface area (Å²) in [7, 11) is 4.03. The van der Waals surface area contributed by atoms with Crippen LogP contribution < -0.4 is 5.32 Å². The number of hydrogen-bond acceptors (Lipinski definition) is 6. The molecular weight excluding hydrogens is 314 g/mol. The highest BCUT2D eigenvalue weighted by molar-refractivity contribution is 7.09. The minimum atomic E-state index is -0.0576. The Bertz CT molecular complexity index is 493. The predicted octanol–water partition coefficient (Wildman–Crippen LogP) is 1.24. The number of ether oxygens (including phenoxy) is 2. The van der Waals surface area contributed by atoms with Gasteiger partial charge in [-0.3, -0.25) is 4.79 Å². The van der Waals surface area contributed by atoms with E-state index in [0.29, 0.717) is 26.2 Å². The van der Waals surface area contributed by atoms with Crippen LogP contribution in [0.25, 0.3) is 0 Å². The van der Waals surface area contributed by atoms with Gasteiger partial charge >= 0.3 is 0 Å². The number of nitrogens with zero attached hydrogens (tertiary/aromatic N) is 2. The van der Waals surface area contributed by atoms with Gasteiger partial charge in [0.05, 0.1) is 30.5 Å². The molecule has 6 nitrogen and oxygen atoms in total. The van der Waals surface area contributed by atoms with Crippen LogP contribution in [0.3, 0.4) is 0 Å². The number of likely N-dealkylation sites (N-methyl/N-ethyl adjacent to an activating group) is 1. The van der Waals surface area contributed by atoms with E-state index in [9.17, 15) is 4.79 Å². The van der Waals surface area contributed by atoms with Crippen LogP contribution in [0, 0.1) is 6.92 Å². The lowest BCUT2D eigenvalue weighted by Gasteiger charge is -2.32. The fraction of sp³-hybridized carbons (Fsp3) is 0.750. The Morgan fingerprint density at radius 2 is 2.39 bits per heavy atom. The van der Waals surface area contributed by atoms with E-state index in [2.05, 4.69) is 15.2 Å². The van der Waals surface area contributed by atoms with Crippen molar-refractivity contribution in [2.45, 2.75) is 38.3 Å². The van der Waals surface area contributed by atoms with Crippen molar-refractivity contribution in [3.63, 3.8) is 0 Å². The van der Waals surface area contributed by atoms with Crippen LogP contribution in [-0.4, -0.2) is 68.4 Å².